The Morgan fingerprint density at radius 2 is 1.93 bits per heavy atom. The molecule has 0 spiro atoms. The van der Waals surface area contributed by atoms with Gasteiger partial charge >= 0.3 is 0 Å². The molecule has 0 aliphatic rings. The summed E-state index contributed by atoms with van der Waals surface area (Å²) >= 11 is 5.94. The molecule has 2 nitrogen and oxygen atoms in total. The molecule has 1 heterocycles. The van der Waals surface area contributed by atoms with Crippen molar-refractivity contribution in [1.29, 1.82) is 0 Å². The van der Waals surface area contributed by atoms with Gasteiger partial charge < -0.3 is 0 Å². The van der Waals surface area contributed by atoms with Crippen LogP contribution in [0.3, 0.4) is 0 Å². The van der Waals surface area contributed by atoms with Gasteiger partial charge in [0.15, 0.2) is 0 Å². The number of hydrogen-bond donors (Lipinski definition) is 0. The predicted molar refractivity (Wildman–Crippen MR) is 63.4 cm³/mol. The molecule has 0 fully saturated rings. The van der Waals surface area contributed by atoms with Crippen LogP contribution in [-0.2, 0) is 0 Å². The van der Waals surface area contributed by atoms with Crippen LogP contribution >= 0.6 is 11.6 Å². The Balaban J connectivity index is 2.73. The molecule has 1 aromatic carbocycles. The molecule has 0 atom stereocenters. The minimum Gasteiger partial charge on any atom is -0.237 e. The highest BCUT2D eigenvalue weighted by molar-refractivity contribution is 6.31. The molecule has 78 valence electrons. The maximum absolute atomic E-state index is 5.94. The Bertz CT molecular complexity index is 506. The lowest BCUT2D eigenvalue weighted by molar-refractivity contribution is 0.776. The first-order valence-electron chi connectivity index (χ1n) is 5.01. The van der Waals surface area contributed by atoms with Crippen LogP contribution in [0, 0.1) is 6.92 Å². The fourth-order valence-corrected chi connectivity index (χ4v) is 1.71. The summed E-state index contributed by atoms with van der Waals surface area (Å²) < 4.78 is 0. The number of benzene rings is 1. The van der Waals surface area contributed by atoms with E-state index in [1.54, 1.807) is 0 Å². The molecule has 0 bridgehead atoms. The summed E-state index contributed by atoms with van der Waals surface area (Å²) in [5.74, 6) is 1.24. The fraction of sp³-hybridized carbons (Fsp3) is 0.333. The standard InChI is InChI=1S/C12H13ClN2/c1-7(2)12-14-8(3)10-6-9(13)4-5-11(10)15-12/h4-7H,1-3H3. The van der Waals surface area contributed by atoms with Crippen molar-refractivity contribution in [2.45, 2.75) is 26.7 Å². The lowest BCUT2D eigenvalue weighted by Crippen LogP contribution is -2.00. The highest BCUT2D eigenvalue weighted by Gasteiger charge is 2.07. The van der Waals surface area contributed by atoms with Gasteiger partial charge in [-0.2, -0.15) is 0 Å². The van der Waals surface area contributed by atoms with Crippen LogP contribution in [0.4, 0.5) is 0 Å². The van der Waals surface area contributed by atoms with Gasteiger partial charge in [-0.05, 0) is 25.1 Å². The number of nitrogens with zero attached hydrogens (tertiary/aromatic N) is 2. The minimum atomic E-state index is 0.351. The first-order valence-corrected chi connectivity index (χ1v) is 5.39. The first kappa shape index (κ1) is 10.4. The van der Waals surface area contributed by atoms with Crippen molar-refractivity contribution in [1.82, 2.24) is 9.97 Å². The number of aromatic nitrogens is 2. The second-order valence-corrected chi connectivity index (χ2v) is 4.42. The molecule has 15 heavy (non-hydrogen) atoms. The van der Waals surface area contributed by atoms with Crippen LogP contribution in [0.1, 0.15) is 31.3 Å². The van der Waals surface area contributed by atoms with Gasteiger partial charge in [-0.3, -0.25) is 0 Å². The van der Waals surface area contributed by atoms with E-state index in [0.717, 1.165) is 27.4 Å². The van der Waals surface area contributed by atoms with Crippen molar-refractivity contribution in [2.24, 2.45) is 0 Å². The Kier molecular flexibility index (Phi) is 2.61. The Hall–Kier alpha value is -1.15. The Morgan fingerprint density at radius 3 is 2.60 bits per heavy atom. The number of fused-ring (bicyclic) bond motifs is 1. The summed E-state index contributed by atoms with van der Waals surface area (Å²) in [7, 11) is 0. The van der Waals surface area contributed by atoms with Crippen LogP contribution in [0.15, 0.2) is 18.2 Å². The van der Waals surface area contributed by atoms with E-state index in [0.29, 0.717) is 5.92 Å². The molecule has 0 aliphatic carbocycles. The van der Waals surface area contributed by atoms with Gasteiger partial charge in [0, 0.05) is 22.0 Å². The minimum absolute atomic E-state index is 0.351. The predicted octanol–water partition coefficient (Wildman–Crippen LogP) is 3.72. The first-order chi connectivity index (χ1) is 7.08. The zero-order valence-corrected chi connectivity index (χ0v) is 9.84. The van der Waals surface area contributed by atoms with E-state index in [4.69, 9.17) is 11.6 Å². The summed E-state index contributed by atoms with van der Waals surface area (Å²) in [4.78, 5) is 8.98. The molecule has 3 heteroatoms. The molecule has 0 N–H and O–H groups in total. The summed E-state index contributed by atoms with van der Waals surface area (Å²) in [5, 5.41) is 1.76. The largest absolute Gasteiger partial charge is 0.237 e. The lowest BCUT2D eigenvalue weighted by atomic mass is 10.1. The van der Waals surface area contributed by atoms with Crippen LogP contribution in [0.2, 0.25) is 5.02 Å². The molecular formula is C12H13ClN2. The fourth-order valence-electron chi connectivity index (χ4n) is 1.53. The maximum atomic E-state index is 5.94. The number of aryl methyl sites for hydroxylation is 1. The normalized spacial score (nSPS) is 11.3. The molecule has 0 unspecified atom stereocenters. The van der Waals surface area contributed by atoms with Crippen molar-refractivity contribution < 1.29 is 0 Å². The van der Waals surface area contributed by atoms with Gasteiger partial charge in [0.05, 0.1) is 5.52 Å². The molecule has 0 saturated heterocycles. The third kappa shape index (κ3) is 1.95. The van der Waals surface area contributed by atoms with Crippen molar-refractivity contribution in [3.63, 3.8) is 0 Å². The molecule has 0 radical (unpaired) electrons. The van der Waals surface area contributed by atoms with Crippen LogP contribution in [0.5, 0.6) is 0 Å². The van der Waals surface area contributed by atoms with Crippen LogP contribution in [-0.4, -0.2) is 9.97 Å². The molecule has 2 rings (SSSR count). The third-order valence-corrected chi connectivity index (χ3v) is 2.62. The van der Waals surface area contributed by atoms with Gasteiger partial charge in [-0.15, -0.1) is 0 Å². The molecule has 0 saturated carbocycles. The number of rotatable bonds is 1. The van der Waals surface area contributed by atoms with E-state index in [9.17, 15) is 0 Å². The number of hydrogen-bond acceptors (Lipinski definition) is 2. The second kappa shape index (κ2) is 3.78. The van der Waals surface area contributed by atoms with E-state index in [1.165, 1.54) is 0 Å². The van der Waals surface area contributed by atoms with Crippen LogP contribution < -0.4 is 0 Å². The summed E-state index contributed by atoms with van der Waals surface area (Å²) in [6, 6.07) is 5.72. The zero-order chi connectivity index (χ0) is 11.0. The van der Waals surface area contributed by atoms with E-state index >= 15 is 0 Å². The van der Waals surface area contributed by atoms with Gasteiger partial charge in [0.1, 0.15) is 5.82 Å². The monoisotopic (exact) mass is 220 g/mol. The molecule has 2 aromatic rings. The quantitative estimate of drug-likeness (QED) is 0.732. The summed E-state index contributed by atoms with van der Waals surface area (Å²) in [6.45, 7) is 6.18. The smallest absolute Gasteiger partial charge is 0.131 e. The van der Waals surface area contributed by atoms with Crippen LogP contribution in [0.25, 0.3) is 10.9 Å². The van der Waals surface area contributed by atoms with E-state index in [-0.39, 0.29) is 0 Å². The molecule has 0 aliphatic heterocycles. The van der Waals surface area contributed by atoms with Crippen molar-refractivity contribution >= 4 is 22.5 Å². The SMILES string of the molecule is Cc1nc(C(C)C)nc2ccc(Cl)cc12. The van der Waals surface area contributed by atoms with E-state index < -0.39 is 0 Å². The highest BCUT2D eigenvalue weighted by atomic mass is 35.5. The second-order valence-electron chi connectivity index (χ2n) is 3.98. The highest BCUT2D eigenvalue weighted by Crippen LogP contribution is 2.22. The molecular weight excluding hydrogens is 208 g/mol. The van der Waals surface area contributed by atoms with Gasteiger partial charge in [0.25, 0.3) is 0 Å². The van der Waals surface area contributed by atoms with Crippen molar-refractivity contribution in [2.75, 3.05) is 0 Å². The van der Waals surface area contributed by atoms with Gasteiger partial charge in [-0.1, -0.05) is 25.4 Å². The summed E-state index contributed by atoms with van der Waals surface area (Å²) in [5.41, 5.74) is 1.96. The topological polar surface area (TPSA) is 25.8 Å². The average molecular weight is 221 g/mol. The third-order valence-electron chi connectivity index (χ3n) is 2.38. The average Bonchev–Trinajstić information content (AvgIpc) is 2.18. The summed E-state index contributed by atoms with van der Waals surface area (Å²) in [6.07, 6.45) is 0. The maximum Gasteiger partial charge on any atom is 0.131 e. The Morgan fingerprint density at radius 1 is 1.20 bits per heavy atom. The lowest BCUT2D eigenvalue weighted by Gasteiger charge is -2.07. The zero-order valence-electron chi connectivity index (χ0n) is 9.08. The van der Waals surface area contributed by atoms with E-state index in [1.807, 2.05) is 25.1 Å². The van der Waals surface area contributed by atoms with Gasteiger partial charge in [-0.25, -0.2) is 9.97 Å². The van der Waals surface area contributed by atoms with E-state index in [2.05, 4.69) is 23.8 Å². The van der Waals surface area contributed by atoms with Crippen molar-refractivity contribution in [3.8, 4) is 0 Å². The molecule has 0 amide bonds. The number of halogens is 1. The van der Waals surface area contributed by atoms with Crippen molar-refractivity contribution in [3.05, 3.63) is 34.7 Å². The molecule has 1 aromatic heterocycles. The Labute approximate surface area is 94.3 Å². The van der Waals surface area contributed by atoms with Gasteiger partial charge in [0.2, 0.25) is 0 Å².